The Morgan fingerprint density at radius 1 is 0.758 bits per heavy atom. The van der Waals surface area contributed by atoms with Crippen LogP contribution in [0.4, 0.5) is 0 Å². The second kappa shape index (κ2) is 37.1. The SMILES string of the molecule is O=C(O)CCc1ccccc1.[CH2-]CC(O)[C@H](COC1OC2COC2C(O)C1O)NC(=O)CCCCCCCCCCCCCCCCCCCCCCCC1CCS(=O)CC1.[Cs+]. The quantitative estimate of drug-likeness (QED) is 0.0431. The van der Waals surface area contributed by atoms with E-state index in [4.69, 9.17) is 19.3 Å². The molecule has 0 saturated carbocycles. The Kier molecular flexibility index (Phi) is 34.9. The van der Waals surface area contributed by atoms with Crippen LogP contribution in [0.3, 0.4) is 0 Å². The van der Waals surface area contributed by atoms with Gasteiger partial charge in [0.05, 0.1) is 19.3 Å². The van der Waals surface area contributed by atoms with Crippen molar-refractivity contribution >= 4 is 22.7 Å². The number of carboxylic acids is 1. The van der Waals surface area contributed by atoms with Gasteiger partial charge in [0.1, 0.15) is 24.4 Å². The third-order valence-electron chi connectivity index (χ3n) is 12.6. The number of aliphatic hydroxyl groups excluding tert-OH is 3. The van der Waals surface area contributed by atoms with Gasteiger partial charge in [-0.2, -0.15) is 6.42 Å². The van der Waals surface area contributed by atoms with E-state index in [2.05, 4.69) is 12.2 Å². The molecule has 5 N–H and O–H groups in total. The predicted octanol–water partition coefficient (Wildman–Crippen LogP) is 5.76. The van der Waals surface area contributed by atoms with Crippen molar-refractivity contribution in [3.8, 4) is 0 Å². The molecule has 0 spiro atoms. The first kappa shape index (κ1) is 58.2. The summed E-state index contributed by atoms with van der Waals surface area (Å²) in [4.78, 5) is 22.7. The number of benzene rings is 1. The van der Waals surface area contributed by atoms with Gasteiger partial charge < -0.3 is 46.9 Å². The van der Waals surface area contributed by atoms with Crippen LogP contribution in [-0.2, 0) is 41.0 Å². The van der Waals surface area contributed by atoms with E-state index in [1.165, 1.54) is 135 Å². The summed E-state index contributed by atoms with van der Waals surface area (Å²) in [6, 6.07) is 8.95. The minimum Gasteiger partial charge on any atom is -0.481 e. The number of hydrogen-bond acceptors (Lipinski definition) is 9. The number of carboxylic acid groups (broad SMARTS) is 1. The largest absolute Gasteiger partial charge is 1.00 e. The van der Waals surface area contributed by atoms with Crippen LogP contribution < -0.4 is 74.2 Å². The molecule has 3 aliphatic heterocycles. The normalized spacial score (nSPS) is 24.0. The predicted molar refractivity (Wildman–Crippen MR) is 243 cm³/mol. The number of unbranched alkanes of at least 4 members (excludes halogenated alkanes) is 20. The van der Waals surface area contributed by atoms with Gasteiger partial charge in [0.15, 0.2) is 6.29 Å². The summed E-state index contributed by atoms with van der Waals surface area (Å²) in [5.41, 5.74) is 1.08. The molecule has 13 heteroatoms. The van der Waals surface area contributed by atoms with Gasteiger partial charge in [-0.25, -0.2) is 0 Å². The first-order chi connectivity index (χ1) is 29.7. The molecule has 6 unspecified atom stereocenters. The van der Waals surface area contributed by atoms with Crippen molar-refractivity contribution in [3.05, 3.63) is 42.8 Å². The summed E-state index contributed by atoms with van der Waals surface area (Å²) in [6.45, 7) is 4.03. The summed E-state index contributed by atoms with van der Waals surface area (Å²) in [5, 5.41) is 42.0. The van der Waals surface area contributed by atoms with E-state index in [1.54, 1.807) is 0 Å². The fourth-order valence-electron chi connectivity index (χ4n) is 8.50. The van der Waals surface area contributed by atoms with Crippen molar-refractivity contribution < 1.29 is 117 Å². The van der Waals surface area contributed by atoms with Crippen molar-refractivity contribution in [1.82, 2.24) is 5.32 Å². The molecule has 0 bridgehead atoms. The fraction of sp³-hybridized carbons (Fsp3) is 0.816. The number of hydrogen-bond donors (Lipinski definition) is 5. The van der Waals surface area contributed by atoms with Gasteiger partial charge >= 0.3 is 74.9 Å². The number of aryl methyl sites for hydroxylation is 1. The number of rotatable bonds is 33. The van der Waals surface area contributed by atoms with Crippen molar-refractivity contribution in [3.63, 3.8) is 0 Å². The van der Waals surface area contributed by atoms with E-state index in [9.17, 15) is 29.1 Å². The fourth-order valence-corrected chi connectivity index (χ4v) is 9.90. The van der Waals surface area contributed by atoms with E-state index < -0.39 is 53.5 Å². The molecule has 1 amide bonds. The van der Waals surface area contributed by atoms with Gasteiger partial charge in [-0.3, -0.25) is 13.8 Å². The maximum absolute atomic E-state index is 12.6. The van der Waals surface area contributed by atoms with Crippen molar-refractivity contribution in [2.75, 3.05) is 24.7 Å². The zero-order valence-electron chi connectivity index (χ0n) is 38.5. The first-order valence-corrected chi connectivity index (χ1v) is 25.8. The molecule has 7 atom stereocenters. The molecular weight excluding hydrogens is 928 g/mol. The van der Waals surface area contributed by atoms with Crippen LogP contribution in [-0.4, -0.2) is 104 Å². The van der Waals surface area contributed by atoms with E-state index in [0.29, 0.717) is 19.4 Å². The van der Waals surface area contributed by atoms with Crippen molar-refractivity contribution in [1.29, 1.82) is 0 Å². The van der Waals surface area contributed by atoms with E-state index in [-0.39, 0.29) is 100 Å². The van der Waals surface area contributed by atoms with Crippen LogP contribution in [0.1, 0.15) is 179 Å². The Hall–Kier alpha value is 0.122. The third-order valence-corrected chi connectivity index (χ3v) is 14.0. The van der Waals surface area contributed by atoms with E-state index >= 15 is 0 Å². The number of ether oxygens (including phenoxy) is 3. The molecule has 3 heterocycles. The van der Waals surface area contributed by atoms with Crippen molar-refractivity contribution in [2.45, 2.75) is 223 Å². The number of carbonyl (C=O) groups excluding carboxylic acids is 1. The molecule has 1 aromatic carbocycles. The number of nitrogens with one attached hydrogen (secondary N) is 1. The minimum absolute atomic E-state index is 0. The molecular formula is C49H84CsNO10S. The molecule has 4 rings (SSSR count). The van der Waals surface area contributed by atoms with Gasteiger partial charge in [0.2, 0.25) is 5.91 Å². The maximum Gasteiger partial charge on any atom is 1.00 e. The molecule has 0 radical (unpaired) electrons. The smallest absolute Gasteiger partial charge is 0.481 e. The van der Waals surface area contributed by atoms with Crippen LogP contribution >= 0.6 is 0 Å². The number of aliphatic carboxylic acids is 1. The zero-order valence-corrected chi connectivity index (χ0v) is 45.6. The molecule has 1 aromatic rings. The van der Waals surface area contributed by atoms with Gasteiger partial charge in [-0.15, -0.1) is 0 Å². The molecule has 3 aliphatic rings. The molecule has 3 fully saturated rings. The van der Waals surface area contributed by atoms with E-state index in [1.807, 2.05) is 30.3 Å². The third kappa shape index (κ3) is 26.5. The van der Waals surface area contributed by atoms with Crippen LogP contribution in [0.15, 0.2) is 30.3 Å². The van der Waals surface area contributed by atoms with Gasteiger partial charge in [-0.1, -0.05) is 165 Å². The van der Waals surface area contributed by atoms with Crippen LogP contribution in [0.5, 0.6) is 0 Å². The standard InChI is InChI=1S/C40H74NO8S.C9H10O2.Cs/c1-2-34(42)33(30-48-40-38(45)37(44)39-35(49-40)31-47-39)41-36(43)25-23-21-19-17-15-13-11-9-7-5-3-4-6-8-10-12-14-16-18-20-22-24-32-26-28-50(46)29-27-32;10-9(11)7-6-8-4-2-1-3-5-8;/h32-35,37-40,42,44-45H,1-31H2,(H,41,43);1-5H,6-7H2,(H,10,11);/q-1;;+1/t32?,33-,34?,35?,37?,38?,39?,40?,50?;;/m0../s1. The molecule has 62 heavy (non-hydrogen) atoms. The number of carbonyl (C=O) groups is 2. The summed E-state index contributed by atoms with van der Waals surface area (Å²) in [7, 11) is -0.511. The number of fused-ring (bicyclic) bond motifs is 1. The summed E-state index contributed by atoms with van der Waals surface area (Å²) >= 11 is 0. The molecule has 11 nitrogen and oxygen atoms in total. The maximum atomic E-state index is 12.6. The Balaban J connectivity index is 0.000000955. The zero-order chi connectivity index (χ0) is 43.9. The minimum atomic E-state index is -1.26. The Labute approximate surface area is 436 Å². The second-order valence-corrected chi connectivity index (χ2v) is 19.5. The van der Waals surface area contributed by atoms with Crippen LogP contribution in [0.2, 0.25) is 0 Å². The molecule has 0 aliphatic carbocycles. The van der Waals surface area contributed by atoms with Gasteiger partial charge in [0, 0.05) is 41.3 Å². The molecule has 352 valence electrons. The van der Waals surface area contributed by atoms with E-state index in [0.717, 1.165) is 42.2 Å². The average molecular weight is 1010 g/mol. The number of aliphatic hydroxyl groups is 3. The summed E-state index contributed by atoms with van der Waals surface area (Å²) < 4.78 is 28.0. The Morgan fingerprint density at radius 3 is 1.73 bits per heavy atom. The van der Waals surface area contributed by atoms with Crippen LogP contribution in [0, 0.1) is 12.8 Å². The Bertz CT molecular complexity index is 1290. The number of amides is 1. The van der Waals surface area contributed by atoms with Gasteiger partial charge in [-0.05, 0) is 37.2 Å². The monoisotopic (exact) mass is 1010 g/mol. The molecule has 0 aromatic heterocycles. The molecule has 3 saturated heterocycles. The van der Waals surface area contributed by atoms with Gasteiger partial charge in [0.25, 0.3) is 0 Å². The first-order valence-electron chi connectivity index (χ1n) is 24.3. The summed E-state index contributed by atoms with van der Waals surface area (Å²) in [5.74, 6) is 1.89. The Morgan fingerprint density at radius 2 is 1.26 bits per heavy atom. The topological polar surface area (TPSA) is 172 Å². The average Bonchev–Trinajstić information content (AvgIpc) is 3.25. The summed E-state index contributed by atoms with van der Waals surface area (Å²) in [6.07, 6.45) is 27.7. The van der Waals surface area contributed by atoms with Crippen LogP contribution in [0.25, 0.3) is 0 Å². The second-order valence-electron chi connectivity index (χ2n) is 17.8. The van der Waals surface area contributed by atoms with Crippen molar-refractivity contribution in [2.24, 2.45) is 5.92 Å².